The highest BCUT2D eigenvalue weighted by molar-refractivity contribution is 7.17. The highest BCUT2D eigenvalue weighted by Crippen LogP contribution is 2.40. The zero-order valence-corrected chi connectivity index (χ0v) is 12.7. The summed E-state index contributed by atoms with van der Waals surface area (Å²) in [6.07, 6.45) is 4.82. The van der Waals surface area contributed by atoms with Crippen LogP contribution in [0.2, 0.25) is 0 Å². The van der Waals surface area contributed by atoms with Crippen molar-refractivity contribution < 1.29 is 5.11 Å². The van der Waals surface area contributed by atoms with Crippen molar-refractivity contribution in [2.24, 2.45) is 0 Å². The molecule has 0 fully saturated rings. The first-order valence-corrected chi connectivity index (χ1v) is 7.82. The van der Waals surface area contributed by atoms with Gasteiger partial charge in [0.2, 0.25) is 0 Å². The van der Waals surface area contributed by atoms with Gasteiger partial charge in [0.15, 0.2) is 0 Å². The Balaban J connectivity index is 2.06. The summed E-state index contributed by atoms with van der Waals surface area (Å²) < 4.78 is 0. The number of aromatic amines is 1. The molecule has 1 aromatic carbocycles. The Kier molecular flexibility index (Phi) is 3.17. The highest BCUT2D eigenvalue weighted by atomic mass is 32.1. The second-order valence-electron chi connectivity index (χ2n) is 4.99. The van der Waals surface area contributed by atoms with Crippen LogP contribution in [0.1, 0.15) is 0 Å². The first-order chi connectivity index (χ1) is 11.3. The van der Waals surface area contributed by atoms with E-state index in [-0.39, 0.29) is 16.9 Å². The summed E-state index contributed by atoms with van der Waals surface area (Å²) in [5.41, 5.74) is 2.03. The van der Waals surface area contributed by atoms with Gasteiger partial charge in [0.1, 0.15) is 10.6 Å². The number of hydrogen-bond donors (Lipinski definition) is 2. The Hall–Kier alpha value is -2.99. The fourth-order valence-electron chi connectivity index (χ4n) is 2.58. The summed E-state index contributed by atoms with van der Waals surface area (Å²) in [5.74, 6) is -0.0307. The van der Waals surface area contributed by atoms with Crippen LogP contribution in [0.3, 0.4) is 0 Å². The van der Waals surface area contributed by atoms with Crippen LogP contribution in [-0.2, 0) is 0 Å². The molecule has 0 radical (unpaired) electrons. The number of H-pyrrole nitrogens is 1. The number of rotatable bonds is 2. The Morgan fingerprint density at radius 3 is 2.70 bits per heavy atom. The first kappa shape index (κ1) is 13.7. The topological polar surface area (TPSA) is 78.9 Å². The van der Waals surface area contributed by atoms with Gasteiger partial charge < -0.3 is 10.1 Å². The average molecular weight is 321 g/mol. The lowest BCUT2D eigenvalue weighted by Crippen LogP contribution is -2.08. The molecule has 2 N–H and O–H groups in total. The molecule has 0 saturated carbocycles. The lowest BCUT2D eigenvalue weighted by atomic mass is 10.0. The van der Waals surface area contributed by atoms with Crippen LogP contribution < -0.4 is 5.56 Å². The maximum Gasteiger partial charge on any atom is 0.260 e. The van der Waals surface area contributed by atoms with E-state index in [1.165, 1.54) is 11.3 Å². The summed E-state index contributed by atoms with van der Waals surface area (Å²) in [6, 6.07) is 9.11. The van der Waals surface area contributed by atoms with Gasteiger partial charge in [-0.3, -0.25) is 14.8 Å². The van der Waals surface area contributed by atoms with Crippen molar-refractivity contribution in [3.05, 3.63) is 64.7 Å². The fourth-order valence-corrected chi connectivity index (χ4v) is 3.53. The van der Waals surface area contributed by atoms with E-state index in [2.05, 4.69) is 15.0 Å². The van der Waals surface area contributed by atoms with Crippen molar-refractivity contribution in [2.75, 3.05) is 0 Å². The molecule has 0 amide bonds. The normalized spacial score (nSPS) is 11.0. The number of aromatic hydroxyl groups is 1. The maximum absolute atomic E-state index is 12.4. The molecule has 3 aromatic heterocycles. The molecule has 112 valence electrons. The molecule has 23 heavy (non-hydrogen) atoms. The zero-order valence-electron chi connectivity index (χ0n) is 11.9. The number of hydrogen-bond acceptors (Lipinski definition) is 5. The highest BCUT2D eigenvalue weighted by Gasteiger charge is 2.19. The van der Waals surface area contributed by atoms with Gasteiger partial charge in [0.25, 0.3) is 5.56 Å². The molecule has 0 aliphatic carbocycles. The van der Waals surface area contributed by atoms with E-state index in [1.54, 1.807) is 30.7 Å². The molecule has 5 nitrogen and oxygen atoms in total. The van der Waals surface area contributed by atoms with E-state index in [4.69, 9.17) is 0 Å². The summed E-state index contributed by atoms with van der Waals surface area (Å²) in [6.45, 7) is 0. The standard InChI is InChI=1S/C17H11N3O2S/c21-15-13(10-4-2-1-3-5-10)16(22)20-17-14(15)11(9-23-17)12-8-18-6-7-19-12/h1-9H,(H2,20,21,22). The molecule has 0 spiro atoms. The van der Waals surface area contributed by atoms with Crippen molar-refractivity contribution in [2.45, 2.75) is 0 Å². The molecule has 0 aliphatic rings. The lowest BCUT2D eigenvalue weighted by Gasteiger charge is -2.06. The van der Waals surface area contributed by atoms with E-state index >= 15 is 0 Å². The third-order valence-electron chi connectivity index (χ3n) is 3.62. The van der Waals surface area contributed by atoms with Crippen LogP contribution in [0.25, 0.3) is 32.6 Å². The van der Waals surface area contributed by atoms with Gasteiger partial charge >= 0.3 is 0 Å². The van der Waals surface area contributed by atoms with Crippen LogP contribution in [0, 0.1) is 0 Å². The van der Waals surface area contributed by atoms with Crippen LogP contribution in [0.5, 0.6) is 5.75 Å². The Labute approximate surface area is 134 Å². The molecular formula is C17H11N3O2S. The van der Waals surface area contributed by atoms with Crippen molar-refractivity contribution in [1.82, 2.24) is 15.0 Å². The number of nitrogens with one attached hydrogen (secondary N) is 1. The Morgan fingerprint density at radius 2 is 1.96 bits per heavy atom. The second-order valence-corrected chi connectivity index (χ2v) is 5.87. The number of pyridine rings is 1. The minimum Gasteiger partial charge on any atom is -0.506 e. The van der Waals surface area contributed by atoms with Gasteiger partial charge in [-0.05, 0) is 5.56 Å². The molecule has 3 heterocycles. The van der Waals surface area contributed by atoms with Crippen molar-refractivity contribution in [3.63, 3.8) is 0 Å². The summed E-state index contributed by atoms with van der Waals surface area (Å²) in [4.78, 5) is 24.2. The largest absolute Gasteiger partial charge is 0.506 e. The van der Waals surface area contributed by atoms with Crippen LogP contribution in [-0.4, -0.2) is 20.1 Å². The predicted octanol–water partition coefficient (Wildman–Crippen LogP) is 3.42. The molecule has 0 bridgehead atoms. The van der Waals surface area contributed by atoms with Crippen molar-refractivity contribution in [1.29, 1.82) is 0 Å². The molecule has 4 aromatic rings. The number of fused-ring (bicyclic) bond motifs is 1. The smallest absolute Gasteiger partial charge is 0.260 e. The Bertz CT molecular complexity index is 1040. The minimum atomic E-state index is -0.311. The van der Waals surface area contributed by atoms with Gasteiger partial charge in [-0.2, -0.15) is 0 Å². The predicted molar refractivity (Wildman–Crippen MR) is 90.6 cm³/mol. The minimum absolute atomic E-state index is 0.0307. The van der Waals surface area contributed by atoms with Gasteiger partial charge in [-0.1, -0.05) is 30.3 Å². The molecule has 6 heteroatoms. The molecule has 0 unspecified atom stereocenters. The van der Waals surface area contributed by atoms with Crippen molar-refractivity contribution >= 4 is 21.6 Å². The van der Waals surface area contributed by atoms with E-state index < -0.39 is 0 Å². The summed E-state index contributed by atoms with van der Waals surface area (Å²) >= 11 is 1.36. The monoisotopic (exact) mass is 321 g/mol. The quantitative estimate of drug-likeness (QED) is 0.593. The molecule has 0 aliphatic heterocycles. The SMILES string of the molecule is O=c1[nH]c2scc(-c3cnccn3)c2c(O)c1-c1ccccc1. The maximum atomic E-state index is 12.4. The van der Waals surface area contributed by atoms with Crippen molar-refractivity contribution in [3.8, 4) is 28.1 Å². The summed E-state index contributed by atoms with van der Waals surface area (Å²) in [7, 11) is 0. The van der Waals surface area contributed by atoms with Gasteiger partial charge in [0.05, 0.1) is 22.8 Å². The third kappa shape index (κ3) is 2.20. The lowest BCUT2D eigenvalue weighted by molar-refractivity contribution is 0.483. The molecule has 0 saturated heterocycles. The van der Waals surface area contributed by atoms with E-state index in [0.29, 0.717) is 21.5 Å². The van der Waals surface area contributed by atoms with Gasteiger partial charge in [0, 0.05) is 23.3 Å². The van der Waals surface area contributed by atoms with E-state index in [1.807, 2.05) is 23.6 Å². The average Bonchev–Trinajstić information content (AvgIpc) is 3.00. The van der Waals surface area contributed by atoms with Gasteiger partial charge in [-0.25, -0.2) is 0 Å². The van der Waals surface area contributed by atoms with Gasteiger partial charge in [-0.15, -0.1) is 11.3 Å². The number of nitrogens with zero attached hydrogens (tertiary/aromatic N) is 2. The summed E-state index contributed by atoms with van der Waals surface area (Å²) in [5, 5.41) is 13.2. The third-order valence-corrected chi connectivity index (χ3v) is 4.52. The number of aromatic nitrogens is 3. The second kappa shape index (κ2) is 5.33. The Morgan fingerprint density at radius 1 is 1.13 bits per heavy atom. The number of benzene rings is 1. The molecule has 4 rings (SSSR count). The molecular weight excluding hydrogens is 310 g/mol. The van der Waals surface area contributed by atoms with Crippen LogP contribution in [0.15, 0.2) is 59.1 Å². The fraction of sp³-hybridized carbons (Fsp3) is 0. The zero-order chi connectivity index (χ0) is 15.8. The van der Waals surface area contributed by atoms with E-state index in [9.17, 15) is 9.90 Å². The first-order valence-electron chi connectivity index (χ1n) is 6.94. The van der Waals surface area contributed by atoms with E-state index in [0.717, 1.165) is 5.56 Å². The van der Waals surface area contributed by atoms with Crippen LogP contribution in [0.4, 0.5) is 0 Å². The number of thiophene rings is 1. The van der Waals surface area contributed by atoms with Crippen LogP contribution >= 0.6 is 11.3 Å². The molecule has 0 atom stereocenters.